The standard InChI is InChI=1S/C11H9ClN4O4S/c1-7-2-3-8(6-9(7)16(17)18)21(19,20)15-11-10(12)13-4-5-14-11/h2-6H,1H3,(H,14,15). The van der Waals surface area contributed by atoms with Crippen molar-refractivity contribution < 1.29 is 13.3 Å². The number of hydrogen-bond acceptors (Lipinski definition) is 6. The Hall–Kier alpha value is -2.26. The summed E-state index contributed by atoms with van der Waals surface area (Å²) in [5, 5.41) is 10.7. The van der Waals surface area contributed by atoms with Crippen LogP contribution in [0.15, 0.2) is 35.5 Å². The second kappa shape index (κ2) is 5.62. The second-order valence-electron chi connectivity index (χ2n) is 4.01. The van der Waals surface area contributed by atoms with Crippen molar-refractivity contribution in [3.8, 4) is 0 Å². The maximum atomic E-state index is 12.2. The van der Waals surface area contributed by atoms with E-state index in [4.69, 9.17) is 11.6 Å². The van der Waals surface area contributed by atoms with Gasteiger partial charge >= 0.3 is 0 Å². The van der Waals surface area contributed by atoms with Crippen molar-refractivity contribution in [2.45, 2.75) is 11.8 Å². The van der Waals surface area contributed by atoms with Crippen molar-refractivity contribution in [2.75, 3.05) is 4.72 Å². The van der Waals surface area contributed by atoms with E-state index in [2.05, 4.69) is 14.7 Å². The van der Waals surface area contributed by atoms with Crippen molar-refractivity contribution in [2.24, 2.45) is 0 Å². The third-order valence-corrected chi connectivity index (χ3v) is 4.19. The number of halogens is 1. The van der Waals surface area contributed by atoms with Gasteiger partial charge < -0.3 is 0 Å². The average molecular weight is 329 g/mol. The molecule has 1 N–H and O–H groups in total. The maximum Gasteiger partial charge on any atom is 0.273 e. The number of nitro groups is 1. The van der Waals surface area contributed by atoms with E-state index in [1.165, 1.54) is 31.5 Å². The van der Waals surface area contributed by atoms with Crippen molar-refractivity contribution in [1.82, 2.24) is 9.97 Å². The number of nitro benzene ring substituents is 1. The highest BCUT2D eigenvalue weighted by molar-refractivity contribution is 7.92. The predicted octanol–water partition coefficient (Wildman–Crippen LogP) is 2.15. The molecule has 0 unspecified atom stereocenters. The molecule has 1 aromatic carbocycles. The SMILES string of the molecule is Cc1ccc(S(=O)(=O)Nc2nccnc2Cl)cc1[N+](=O)[O-]. The van der Waals surface area contributed by atoms with Crippen LogP contribution in [-0.2, 0) is 10.0 Å². The molecule has 0 saturated heterocycles. The number of nitrogens with zero attached hydrogens (tertiary/aromatic N) is 3. The van der Waals surface area contributed by atoms with Crippen molar-refractivity contribution in [3.05, 3.63) is 51.4 Å². The highest BCUT2D eigenvalue weighted by atomic mass is 35.5. The van der Waals surface area contributed by atoms with Gasteiger partial charge in [0.15, 0.2) is 11.0 Å². The van der Waals surface area contributed by atoms with E-state index in [0.29, 0.717) is 5.56 Å². The van der Waals surface area contributed by atoms with E-state index >= 15 is 0 Å². The second-order valence-corrected chi connectivity index (χ2v) is 6.05. The minimum absolute atomic E-state index is 0.123. The Morgan fingerprint density at radius 1 is 1.29 bits per heavy atom. The fraction of sp³-hybridized carbons (Fsp3) is 0.0909. The molecular weight excluding hydrogens is 320 g/mol. The molecule has 0 aliphatic heterocycles. The Kier molecular flexibility index (Phi) is 4.05. The van der Waals surface area contributed by atoms with E-state index in [1.54, 1.807) is 0 Å². The predicted molar refractivity (Wildman–Crippen MR) is 75.7 cm³/mol. The fourth-order valence-corrected chi connectivity index (χ4v) is 2.77. The summed E-state index contributed by atoms with van der Waals surface area (Å²) in [6.07, 6.45) is 2.57. The summed E-state index contributed by atoms with van der Waals surface area (Å²) in [7, 11) is -4.05. The van der Waals surface area contributed by atoms with Crippen LogP contribution >= 0.6 is 11.6 Å². The molecule has 0 spiro atoms. The van der Waals surface area contributed by atoms with Gasteiger partial charge in [0.1, 0.15) is 0 Å². The van der Waals surface area contributed by atoms with Gasteiger partial charge in [0.25, 0.3) is 15.7 Å². The van der Waals surface area contributed by atoms with Crippen LogP contribution in [-0.4, -0.2) is 23.3 Å². The van der Waals surface area contributed by atoms with Crippen LogP contribution in [0.3, 0.4) is 0 Å². The molecule has 0 bridgehead atoms. The number of sulfonamides is 1. The Morgan fingerprint density at radius 2 is 1.95 bits per heavy atom. The van der Waals surface area contributed by atoms with Crippen LogP contribution in [0.2, 0.25) is 5.15 Å². The zero-order valence-electron chi connectivity index (χ0n) is 10.6. The first kappa shape index (κ1) is 15.1. The molecular formula is C11H9ClN4O4S. The Labute approximate surface area is 125 Å². The fourth-order valence-electron chi connectivity index (χ4n) is 1.53. The monoisotopic (exact) mass is 328 g/mol. The van der Waals surface area contributed by atoms with Gasteiger partial charge in [0.05, 0.1) is 9.82 Å². The summed E-state index contributed by atoms with van der Waals surface area (Å²) in [6.45, 7) is 1.52. The first-order valence-corrected chi connectivity index (χ1v) is 7.42. The minimum Gasteiger partial charge on any atom is -0.261 e. The average Bonchev–Trinajstić information content (AvgIpc) is 2.41. The van der Waals surface area contributed by atoms with Gasteiger partial charge in [-0.2, -0.15) is 0 Å². The highest BCUT2D eigenvalue weighted by Crippen LogP contribution is 2.24. The van der Waals surface area contributed by atoms with Crippen LogP contribution in [0, 0.1) is 17.0 Å². The molecule has 110 valence electrons. The molecule has 0 radical (unpaired) electrons. The summed E-state index contributed by atoms with van der Waals surface area (Å²) in [4.78, 5) is 17.4. The molecule has 1 aromatic heterocycles. The van der Waals surface area contributed by atoms with E-state index < -0.39 is 14.9 Å². The molecule has 0 amide bonds. The Morgan fingerprint density at radius 3 is 2.57 bits per heavy atom. The normalized spacial score (nSPS) is 11.1. The quantitative estimate of drug-likeness (QED) is 0.679. The summed E-state index contributed by atoms with van der Waals surface area (Å²) >= 11 is 5.72. The summed E-state index contributed by atoms with van der Waals surface area (Å²) in [5.41, 5.74) is 0.0691. The van der Waals surface area contributed by atoms with Crippen molar-refractivity contribution in [1.29, 1.82) is 0 Å². The van der Waals surface area contributed by atoms with Crippen LogP contribution in [0.4, 0.5) is 11.5 Å². The number of nitrogens with one attached hydrogen (secondary N) is 1. The van der Waals surface area contributed by atoms with E-state index in [1.807, 2.05) is 0 Å². The first-order chi connectivity index (χ1) is 9.81. The van der Waals surface area contributed by atoms with Gasteiger partial charge in [-0.05, 0) is 13.0 Å². The highest BCUT2D eigenvalue weighted by Gasteiger charge is 2.21. The van der Waals surface area contributed by atoms with Gasteiger partial charge in [-0.1, -0.05) is 17.7 Å². The molecule has 0 atom stereocenters. The van der Waals surface area contributed by atoms with Crippen LogP contribution in [0.25, 0.3) is 0 Å². The Bertz CT molecular complexity index is 810. The van der Waals surface area contributed by atoms with E-state index in [-0.39, 0.29) is 21.6 Å². The third kappa shape index (κ3) is 3.26. The summed E-state index contributed by atoms with van der Waals surface area (Å²) in [5.74, 6) is -0.151. The largest absolute Gasteiger partial charge is 0.273 e. The topological polar surface area (TPSA) is 115 Å². The number of aryl methyl sites for hydroxylation is 1. The maximum absolute atomic E-state index is 12.2. The number of rotatable bonds is 4. The molecule has 2 aromatic rings. The zero-order chi connectivity index (χ0) is 15.6. The van der Waals surface area contributed by atoms with Gasteiger partial charge in [0, 0.05) is 24.0 Å². The lowest BCUT2D eigenvalue weighted by molar-refractivity contribution is -0.385. The van der Waals surface area contributed by atoms with Gasteiger partial charge in [-0.15, -0.1) is 0 Å². The van der Waals surface area contributed by atoms with Crippen molar-refractivity contribution >= 4 is 33.1 Å². The summed E-state index contributed by atoms with van der Waals surface area (Å²) < 4.78 is 26.5. The molecule has 0 fully saturated rings. The first-order valence-electron chi connectivity index (χ1n) is 5.55. The molecule has 0 saturated carbocycles. The van der Waals surface area contributed by atoms with Gasteiger partial charge in [-0.25, -0.2) is 18.4 Å². The lowest BCUT2D eigenvalue weighted by atomic mass is 10.2. The molecule has 8 nitrogen and oxygen atoms in total. The summed E-state index contributed by atoms with van der Waals surface area (Å²) in [6, 6.07) is 3.59. The van der Waals surface area contributed by atoms with Crippen LogP contribution < -0.4 is 4.72 Å². The Balaban J connectivity index is 2.43. The molecule has 21 heavy (non-hydrogen) atoms. The zero-order valence-corrected chi connectivity index (χ0v) is 12.2. The molecule has 10 heteroatoms. The van der Waals surface area contributed by atoms with Crippen LogP contribution in [0.5, 0.6) is 0 Å². The number of anilines is 1. The number of benzene rings is 1. The van der Waals surface area contributed by atoms with Crippen molar-refractivity contribution in [3.63, 3.8) is 0 Å². The number of hydrogen-bond donors (Lipinski definition) is 1. The van der Waals surface area contributed by atoms with Crippen LogP contribution in [0.1, 0.15) is 5.56 Å². The van der Waals surface area contributed by atoms with Gasteiger partial charge in [-0.3, -0.25) is 14.8 Å². The molecule has 0 aliphatic carbocycles. The minimum atomic E-state index is -4.05. The molecule has 1 heterocycles. The lowest BCUT2D eigenvalue weighted by Crippen LogP contribution is -2.15. The smallest absolute Gasteiger partial charge is 0.261 e. The van der Waals surface area contributed by atoms with Gasteiger partial charge in [0.2, 0.25) is 0 Å². The lowest BCUT2D eigenvalue weighted by Gasteiger charge is -2.08. The number of aromatic nitrogens is 2. The van der Waals surface area contributed by atoms with E-state index in [0.717, 1.165) is 6.07 Å². The molecule has 2 rings (SSSR count). The molecule has 0 aliphatic rings. The third-order valence-electron chi connectivity index (χ3n) is 2.57. The van der Waals surface area contributed by atoms with E-state index in [9.17, 15) is 18.5 Å².